The number of rotatable bonds is 4. The van der Waals surface area contributed by atoms with E-state index in [0.29, 0.717) is 13.1 Å². The predicted octanol–water partition coefficient (Wildman–Crippen LogP) is 1.20. The summed E-state index contributed by atoms with van der Waals surface area (Å²) in [5, 5.41) is 6.62. The number of hydrogen-bond acceptors (Lipinski definition) is 4. The molecule has 0 aliphatic carbocycles. The summed E-state index contributed by atoms with van der Waals surface area (Å²) in [5.41, 5.74) is -0.295. The van der Waals surface area contributed by atoms with Crippen LogP contribution in [0.1, 0.15) is 34.6 Å². The van der Waals surface area contributed by atoms with Crippen molar-refractivity contribution in [2.45, 2.75) is 46.3 Å². The third-order valence-corrected chi connectivity index (χ3v) is 3.74. The van der Waals surface area contributed by atoms with Crippen LogP contribution in [0.3, 0.4) is 0 Å². The molecule has 2 fully saturated rings. The molecular weight excluding hydrogens is 296 g/mol. The fourth-order valence-electron chi connectivity index (χ4n) is 2.37. The highest BCUT2D eigenvalue weighted by molar-refractivity contribution is 5.80. The molecule has 0 aromatic carbocycles. The van der Waals surface area contributed by atoms with Gasteiger partial charge in [-0.3, -0.25) is 4.99 Å². The Hall–Kier alpha value is -1.50. The molecule has 0 radical (unpaired) electrons. The van der Waals surface area contributed by atoms with Crippen molar-refractivity contribution in [3.05, 3.63) is 0 Å². The minimum absolute atomic E-state index is 0.157. The van der Waals surface area contributed by atoms with Crippen molar-refractivity contribution >= 4 is 12.1 Å². The SMILES string of the molecule is CCNC(=NCC1(C)COC1)NC1CN(C(=O)OC(C)(C)C)C1. The lowest BCUT2D eigenvalue weighted by molar-refractivity contribution is -0.0945. The normalized spacial score (nSPS) is 21.3. The third kappa shape index (κ3) is 5.27. The van der Waals surface area contributed by atoms with Crippen molar-refractivity contribution in [3.63, 3.8) is 0 Å². The highest BCUT2D eigenvalue weighted by Crippen LogP contribution is 2.26. The minimum atomic E-state index is -0.452. The number of ether oxygens (including phenoxy) is 2. The Morgan fingerprint density at radius 3 is 2.52 bits per heavy atom. The van der Waals surface area contributed by atoms with Crippen molar-refractivity contribution in [1.29, 1.82) is 0 Å². The molecule has 2 aliphatic rings. The second-order valence-corrected chi connectivity index (χ2v) is 7.73. The molecule has 1 amide bonds. The van der Waals surface area contributed by atoms with Crippen molar-refractivity contribution in [2.24, 2.45) is 10.4 Å². The summed E-state index contributed by atoms with van der Waals surface area (Å²) >= 11 is 0. The first-order chi connectivity index (χ1) is 10.7. The lowest BCUT2D eigenvalue weighted by Crippen LogP contribution is -2.63. The Kier molecular flexibility index (Phi) is 5.39. The Morgan fingerprint density at radius 2 is 2.04 bits per heavy atom. The van der Waals surface area contributed by atoms with E-state index < -0.39 is 5.60 Å². The molecule has 7 nitrogen and oxygen atoms in total. The van der Waals surface area contributed by atoms with Crippen molar-refractivity contribution < 1.29 is 14.3 Å². The van der Waals surface area contributed by atoms with E-state index in [1.165, 1.54) is 0 Å². The van der Waals surface area contributed by atoms with Crippen LogP contribution in [0.25, 0.3) is 0 Å². The van der Waals surface area contributed by atoms with Crippen LogP contribution in [0.5, 0.6) is 0 Å². The van der Waals surface area contributed by atoms with Crippen molar-refractivity contribution in [2.75, 3.05) is 39.4 Å². The maximum absolute atomic E-state index is 11.9. The zero-order valence-corrected chi connectivity index (χ0v) is 14.9. The first-order valence-corrected chi connectivity index (χ1v) is 8.31. The molecule has 0 bridgehead atoms. The average molecular weight is 326 g/mol. The summed E-state index contributed by atoms with van der Waals surface area (Å²) in [7, 11) is 0. The molecule has 2 heterocycles. The molecule has 0 atom stereocenters. The van der Waals surface area contributed by atoms with Gasteiger partial charge in [-0.2, -0.15) is 0 Å². The number of nitrogens with zero attached hydrogens (tertiary/aromatic N) is 2. The van der Waals surface area contributed by atoms with Crippen LogP contribution in [0.15, 0.2) is 4.99 Å². The second-order valence-electron chi connectivity index (χ2n) is 7.73. The van der Waals surface area contributed by atoms with Gasteiger partial charge in [-0.15, -0.1) is 0 Å². The van der Waals surface area contributed by atoms with Crippen LogP contribution in [0.4, 0.5) is 4.79 Å². The Balaban J connectivity index is 1.77. The molecule has 0 spiro atoms. The molecule has 0 saturated carbocycles. The molecule has 2 saturated heterocycles. The fraction of sp³-hybridized carbons (Fsp3) is 0.875. The van der Waals surface area contributed by atoms with Crippen molar-refractivity contribution in [1.82, 2.24) is 15.5 Å². The maximum atomic E-state index is 11.9. The lowest BCUT2D eigenvalue weighted by Gasteiger charge is -2.41. The smallest absolute Gasteiger partial charge is 0.410 e. The van der Waals surface area contributed by atoms with E-state index in [1.54, 1.807) is 4.90 Å². The number of guanidine groups is 1. The number of amides is 1. The van der Waals surface area contributed by atoms with Gasteiger partial charge in [0.2, 0.25) is 0 Å². The van der Waals surface area contributed by atoms with Gasteiger partial charge in [0.25, 0.3) is 0 Å². The molecule has 132 valence electrons. The number of carbonyl (C=O) groups excluding carboxylic acids is 1. The molecule has 0 aromatic rings. The van der Waals surface area contributed by atoms with Gasteiger partial charge in [0.15, 0.2) is 5.96 Å². The minimum Gasteiger partial charge on any atom is -0.444 e. The van der Waals surface area contributed by atoms with E-state index in [0.717, 1.165) is 32.3 Å². The van der Waals surface area contributed by atoms with Gasteiger partial charge in [-0.25, -0.2) is 4.79 Å². The Bertz CT molecular complexity index is 449. The molecule has 0 unspecified atom stereocenters. The van der Waals surface area contributed by atoms with Gasteiger partial charge in [0.1, 0.15) is 5.60 Å². The summed E-state index contributed by atoms with van der Waals surface area (Å²) in [5.74, 6) is 0.800. The van der Waals surface area contributed by atoms with Gasteiger partial charge in [-0.1, -0.05) is 6.92 Å². The highest BCUT2D eigenvalue weighted by atomic mass is 16.6. The van der Waals surface area contributed by atoms with Crippen molar-refractivity contribution in [3.8, 4) is 0 Å². The van der Waals surface area contributed by atoms with Gasteiger partial charge in [-0.05, 0) is 27.7 Å². The van der Waals surface area contributed by atoms with E-state index in [9.17, 15) is 4.79 Å². The Morgan fingerprint density at radius 1 is 1.39 bits per heavy atom. The zero-order valence-electron chi connectivity index (χ0n) is 14.9. The number of carbonyl (C=O) groups is 1. The Labute approximate surface area is 138 Å². The van der Waals surface area contributed by atoms with Gasteiger partial charge < -0.3 is 25.0 Å². The van der Waals surface area contributed by atoms with Crippen LogP contribution in [0, 0.1) is 5.41 Å². The third-order valence-electron chi connectivity index (χ3n) is 3.74. The summed E-state index contributed by atoms with van der Waals surface area (Å²) in [6.07, 6.45) is -0.253. The van der Waals surface area contributed by atoms with E-state index in [4.69, 9.17) is 9.47 Å². The summed E-state index contributed by atoms with van der Waals surface area (Å²) in [4.78, 5) is 18.3. The zero-order chi connectivity index (χ0) is 17.1. The van der Waals surface area contributed by atoms with Gasteiger partial charge in [0, 0.05) is 25.0 Å². The van der Waals surface area contributed by atoms with E-state index in [2.05, 4.69) is 22.5 Å². The van der Waals surface area contributed by atoms with Crippen LogP contribution in [-0.4, -0.2) is 68.0 Å². The maximum Gasteiger partial charge on any atom is 0.410 e. The van der Waals surface area contributed by atoms with E-state index >= 15 is 0 Å². The second kappa shape index (κ2) is 6.95. The molecule has 2 aliphatic heterocycles. The standard InChI is InChI=1S/C16H30N4O3/c1-6-17-13(18-9-16(5)10-22-11-16)19-12-7-20(8-12)14(21)23-15(2,3)4/h12H,6-11H2,1-5H3,(H2,17,18,19). The first kappa shape index (κ1) is 17.8. The number of nitrogens with one attached hydrogen (secondary N) is 2. The summed E-state index contributed by atoms with van der Waals surface area (Å²) < 4.78 is 10.6. The van der Waals surface area contributed by atoms with Gasteiger partial charge >= 0.3 is 6.09 Å². The number of likely N-dealkylation sites (tertiary alicyclic amines) is 1. The van der Waals surface area contributed by atoms with E-state index in [1.807, 2.05) is 27.7 Å². The molecule has 23 heavy (non-hydrogen) atoms. The molecule has 7 heteroatoms. The van der Waals surface area contributed by atoms with E-state index in [-0.39, 0.29) is 17.6 Å². The first-order valence-electron chi connectivity index (χ1n) is 8.31. The monoisotopic (exact) mass is 326 g/mol. The molecular formula is C16H30N4O3. The predicted molar refractivity (Wildman–Crippen MR) is 89.6 cm³/mol. The lowest BCUT2D eigenvalue weighted by atomic mass is 9.89. The van der Waals surface area contributed by atoms with Crippen LogP contribution < -0.4 is 10.6 Å². The van der Waals surface area contributed by atoms with Crippen LogP contribution in [-0.2, 0) is 9.47 Å². The summed E-state index contributed by atoms with van der Waals surface area (Å²) in [6, 6.07) is 0.214. The topological polar surface area (TPSA) is 75.2 Å². The molecule has 2 rings (SSSR count). The number of hydrogen-bond donors (Lipinski definition) is 2. The van der Waals surface area contributed by atoms with Crippen LogP contribution in [0.2, 0.25) is 0 Å². The largest absolute Gasteiger partial charge is 0.444 e. The van der Waals surface area contributed by atoms with Crippen LogP contribution >= 0.6 is 0 Å². The average Bonchev–Trinajstić information content (AvgIpc) is 2.34. The quantitative estimate of drug-likeness (QED) is 0.600. The highest BCUT2D eigenvalue weighted by Gasteiger charge is 2.35. The fourth-order valence-corrected chi connectivity index (χ4v) is 2.37. The van der Waals surface area contributed by atoms with Gasteiger partial charge in [0.05, 0.1) is 25.8 Å². The molecule has 2 N–H and O–H groups in total. The molecule has 0 aromatic heterocycles. The number of aliphatic imine (C=N–C) groups is 1. The summed E-state index contributed by atoms with van der Waals surface area (Å²) in [6.45, 7) is 14.2.